The van der Waals surface area contributed by atoms with Crippen molar-refractivity contribution >= 4 is 17.3 Å². The molecule has 3 aromatic carbocycles. The van der Waals surface area contributed by atoms with Crippen LogP contribution in [0.1, 0.15) is 79.5 Å². The minimum atomic E-state index is 0.733. The molecule has 2 saturated carbocycles. The number of hydrogen-bond acceptors (Lipinski definition) is 1. The molecule has 0 bridgehead atoms. The fourth-order valence-corrected chi connectivity index (χ4v) is 6.57. The molecule has 1 heterocycles. The largest absolute Gasteiger partial charge is 0.365 e. The first kappa shape index (κ1) is 19.9. The molecule has 1 aliphatic heterocycles. The second-order valence-electron chi connectivity index (χ2n) is 9.91. The normalized spacial score (nSPS) is 22.4. The predicted octanol–water partition coefficient (Wildman–Crippen LogP) is 8.06. The molecule has 3 aromatic rings. The fraction of sp³-hybridized carbons (Fsp3) is 0.355. The number of hydrogen-bond donors (Lipinski definition) is 0. The number of anilines is 1. The van der Waals surface area contributed by atoms with Crippen LogP contribution < -0.4 is 4.90 Å². The zero-order valence-corrected chi connectivity index (χ0v) is 18.9. The van der Waals surface area contributed by atoms with Gasteiger partial charge in [0.05, 0.1) is 0 Å². The van der Waals surface area contributed by atoms with Gasteiger partial charge in [0.2, 0.25) is 0 Å². The van der Waals surface area contributed by atoms with Crippen molar-refractivity contribution in [2.75, 3.05) is 4.90 Å². The van der Waals surface area contributed by atoms with E-state index in [1.807, 2.05) is 0 Å². The van der Waals surface area contributed by atoms with Gasteiger partial charge in [-0.3, -0.25) is 0 Å². The standard InChI is InChI=1S/C31H33N/c1-4-11-24(12-5-1)28(25-13-6-2-7-14-25)21-23-19-20-31-29(22-23)27-17-10-18-30(27)32(31)26-15-8-3-9-16-26/h1-2,4-7,11-14,19-22,26-27,30H,3,8-10,15-18H2. The van der Waals surface area contributed by atoms with E-state index in [2.05, 4.69) is 89.8 Å². The van der Waals surface area contributed by atoms with Crippen molar-refractivity contribution in [2.45, 2.75) is 69.4 Å². The van der Waals surface area contributed by atoms with Crippen molar-refractivity contribution < 1.29 is 0 Å². The predicted molar refractivity (Wildman–Crippen MR) is 136 cm³/mol. The van der Waals surface area contributed by atoms with E-state index in [-0.39, 0.29) is 0 Å². The Morgan fingerprint density at radius 2 is 1.38 bits per heavy atom. The number of rotatable bonds is 4. The van der Waals surface area contributed by atoms with Gasteiger partial charge >= 0.3 is 0 Å². The molecule has 0 N–H and O–H groups in total. The Morgan fingerprint density at radius 3 is 2.06 bits per heavy atom. The van der Waals surface area contributed by atoms with Crippen molar-refractivity contribution in [3.05, 3.63) is 101 Å². The van der Waals surface area contributed by atoms with E-state index in [0.717, 1.165) is 18.0 Å². The minimum Gasteiger partial charge on any atom is -0.365 e. The molecule has 2 fully saturated rings. The van der Waals surface area contributed by atoms with Gasteiger partial charge in [-0.1, -0.05) is 92.4 Å². The molecule has 2 unspecified atom stereocenters. The lowest BCUT2D eigenvalue weighted by atomic mass is 9.92. The Bertz CT molecular complexity index is 1050. The van der Waals surface area contributed by atoms with Gasteiger partial charge in [-0.05, 0) is 71.7 Å². The van der Waals surface area contributed by atoms with Crippen LogP contribution in [0.5, 0.6) is 0 Å². The maximum Gasteiger partial charge on any atom is 0.0408 e. The summed E-state index contributed by atoms with van der Waals surface area (Å²) in [4.78, 5) is 2.87. The van der Waals surface area contributed by atoms with E-state index in [0.29, 0.717) is 0 Å². The van der Waals surface area contributed by atoms with Gasteiger partial charge in [-0.15, -0.1) is 0 Å². The van der Waals surface area contributed by atoms with Crippen molar-refractivity contribution in [1.29, 1.82) is 0 Å². The maximum atomic E-state index is 2.87. The van der Waals surface area contributed by atoms with E-state index in [1.165, 1.54) is 73.6 Å². The molecule has 0 saturated heterocycles. The number of benzene rings is 3. The van der Waals surface area contributed by atoms with Gasteiger partial charge < -0.3 is 4.90 Å². The molecule has 0 spiro atoms. The lowest BCUT2D eigenvalue weighted by molar-refractivity contribution is 0.389. The molecule has 2 aliphatic carbocycles. The summed E-state index contributed by atoms with van der Waals surface area (Å²) in [7, 11) is 0. The summed E-state index contributed by atoms with van der Waals surface area (Å²) in [6.45, 7) is 0. The number of fused-ring (bicyclic) bond motifs is 3. The molecule has 2 atom stereocenters. The fourth-order valence-electron chi connectivity index (χ4n) is 6.57. The molecule has 0 amide bonds. The van der Waals surface area contributed by atoms with E-state index in [1.54, 1.807) is 11.3 Å². The maximum absolute atomic E-state index is 2.87. The van der Waals surface area contributed by atoms with Crippen molar-refractivity contribution in [1.82, 2.24) is 0 Å². The Labute approximate surface area is 192 Å². The van der Waals surface area contributed by atoms with Crippen LogP contribution in [0.4, 0.5) is 5.69 Å². The molecule has 3 aliphatic rings. The van der Waals surface area contributed by atoms with Crippen LogP contribution in [0.2, 0.25) is 0 Å². The van der Waals surface area contributed by atoms with E-state index in [9.17, 15) is 0 Å². The Kier molecular flexibility index (Phi) is 5.35. The first-order chi connectivity index (χ1) is 15.9. The molecule has 0 aromatic heterocycles. The molecule has 32 heavy (non-hydrogen) atoms. The van der Waals surface area contributed by atoms with E-state index < -0.39 is 0 Å². The van der Waals surface area contributed by atoms with Crippen LogP contribution in [0.15, 0.2) is 78.9 Å². The number of nitrogens with zero attached hydrogens (tertiary/aromatic N) is 1. The smallest absolute Gasteiger partial charge is 0.0408 e. The monoisotopic (exact) mass is 419 g/mol. The summed E-state index contributed by atoms with van der Waals surface area (Å²) >= 11 is 0. The first-order valence-electron chi connectivity index (χ1n) is 12.6. The summed E-state index contributed by atoms with van der Waals surface area (Å²) in [6.07, 6.45) is 13.5. The highest BCUT2D eigenvalue weighted by Crippen LogP contribution is 2.51. The average molecular weight is 420 g/mol. The highest BCUT2D eigenvalue weighted by molar-refractivity contribution is 5.91. The topological polar surface area (TPSA) is 3.24 Å². The minimum absolute atomic E-state index is 0.733. The quantitative estimate of drug-likeness (QED) is 0.386. The Hall–Kier alpha value is -2.80. The van der Waals surface area contributed by atoms with E-state index >= 15 is 0 Å². The van der Waals surface area contributed by atoms with Crippen LogP contribution in [0, 0.1) is 0 Å². The van der Waals surface area contributed by atoms with Crippen LogP contribution in [0.25, 0.3) is 11.6 Å². The van der Waals surface area contributed by atoms with Crippen molar-refractivity contribution in [2.24, 2.45) is 0 Å². The third-order valence-electron chi connectivity index (χ3n) is 8.01. The molecule has 1 nitrogen and oxygen atoms in total. The summed E-state index contributed by atoms with van der Waals surface area (Å²) in [5.41, 5.74) is 8.36. The van der Waals surface area contributed by atoms with Crippen LogP contribution in [-0.4, -0.2) is 12.1 Å². The lowest BCUT2D eigenvalue weighted by Gasteiger charge is -2.38. The van der Waals surface area contributed by atoms with Gasteiger partial charge in [0.15, 0.2) is 0 Å². The molecule has 1 heteroatoms. The highest BCUT2D eigenvalue weighted by atomic mass is 15.2. The lowest BCUT2D eigenvalue weighted by Crippen LogP contribution is -2.41. The molecular weight excluding hydrogens is 386 g/mol. The van der Waals surface area contributed by atoms with Crippen LogP contribution >= 0.6 is 0 Å². The third-order valence-corrected chi connectivity index (χ3v) is 8.01. The SMILES string of the molecule is C(=C(c1ccccc1)c1ccccc1)c1ccc2c(c1)C1CCCC1N2C1CCCCC1. The molecular formula is C31H33N. The van der Waals surface area contributed by atoms with Gasteiger partial charge in [-0.25, -0.2) is 0 Å². The van der Waals surface area contributed by atoms with Gasteiger partial charge in [-0.2, -0.15) is 0 Å². The summed E-state index contributed by atoms with van der Waals surface area (Å²) in [6, 6.07) is 30.5. The third kappa shape index (κ3) is 3.58. The van der Waals surface area contributed by atoms with Gasteiger partial charge in [0.1, 0.15) is 0 Å². The first-order valence-corrected chi connectivity index (χ1v) is 12.6. The second-order valence-corrected chi connectivity index (χ2v) is 9.91. The van der Waals surface area contributed by atoms with Crippen molar-refractivity contribution in [3.63, 3.8) is 0 Å². The highest BCUT2D eigenvalue weighted by Gasteiger charge is 2.44. The van der Waals surface area contributed by atoms with Crippen LogP contribution in [0.3, 0.4) is 0 Å². The van der Waals surface area contributed by atoms with Gasteiger partial charge in [0.25, 0.3) is 0 Å². The van der Waals surface area contributed by atoms with Gasteiger partial charge in [0, 0.05) is 23.7 Å². The average Bonchev–Trinajstić information content (AvgIpc) is 3.45. The molecule has 6 rings (SSSR count). The molecule has 162 valence electrons. The second kappa shape index (κ2) is 8.62. The zero-order chi connectivity index (χ0) is 21.3. The Balaban J connectivity index is 1.41. The Morgan fingerprint density at radius 1 is 0.688 bits per heavy atom. The molecule has 0 radical (unpaired) electrons. The summed E-state index contributed by atoms with van der Waals surface area (Å²) < 4.78 is 0. The zero-order valence-electron chi connectivity index (χ0n) is 18.9. The van der Waals surface area contributed by atoms with Crippen molar-refractivity contribution in [3.8, 4) is 0 Å². The van der Waals surface area contributed by atoms with E-state index in [4.69, 9.17) is 0 Å². The summed E-state index contributed by atoms with van der Waals surface area (Å²) in [5.74, 6) is 0.733. The van der Waals surface area contributed by atoms with Crippen LogP contribution in [-0.2, 0) is 0 Å². The summed E-state index contributed by atoms with van der Waals surface area (Å²) in [5, 5.41) is 0.